The first-order chi connectivity index (χ1) is 8.04. The summed E-state index contributed by atoms with van der Waals surface area (Å²) in [5.41, 5.74) is 0. The molecule has 1 fully saturated rings. The van der Waals surface area contributed by atoms with Gasteiger partial charge in [-0.3, -0.25) is 4.90 Å². The lowest BCUT2D eigenvalue weighted by Gasteiger charge is -2.35. The van der Waals surface area contributed by atoms with E-state index in [9.17, 15) is 4.79 Å². The van der Waals surface area contributed by atoms with Crippen LogP contribution in [0.3, 0.4) is 0 Å². The summed E-state index contributed by atoms with van der Waals surface area (Å²) >= 11 is 0. The second kappa shape index (κ2) is 6.45. The molecule has 0 aromatic heterocycles. The van der Waals surface area contributed by atoms with E-state index in [0.29, 0.717) is 25.6 Å². The van der Waals surface area contributed by atoms with Crippen LogP contribution in [0.5, 0.6) is 0 Å². The van der Waals surface area contributed by atoms with Gasteiger partial charge in [-0.1, -0.05) is 13.8 Å². The van der Waals surface area contributed by atoms with Crippen molar-refractivity contribution in [3.05, 3.63) is 0 Å². The zero-order valence-electron chi connectivity index (χ0n) is 10.8. The minimum absolute atomic E-state index is 0.0798. The molecule has 0 N–H and O–H groups in total. The summed E-state index contributed by atoms with van der Waals surface area (Å²) in [6.07, 6.45) is -0.233. The maximum atomic E-state index is 11.7. The molecule has 1 aliphatic rings. The Labute approximate surface area is 103 Å². The predicted octanol–water partition coefficient (Wildman–Crippen LogP) is 1.31. The Kier molecular flexibility index (Phi) is 5.23. The monoisotopic (exact) mass is 239 g/mol. The molecule has 0 spiro atoms. The number of rotatable bonds is 3. The fourth-order valence-electron chi connectivity index (χ4n) is 1.70. The highest BCUT2D eigenvalue weighted by molar-refractivity contribution is 5.67. The minimum Gasteiger partial charge on any atom is -0.449 e. The summed E-state index contributed by atoms with van der Waals surface area (Å²) in [6, 6.07) is 2.13. The standard InChI is InChI=1S/C12H21N3O2/c1-10(2)9-17-12(16)15-6-4-14(5-7-15)11(3)8-13/h10-11H,4-7,9H2,1-3H3. The quantitative estimate of drug-likeness (QED) is 0.745. The Morgan fingerprint density at radius 1 is 1.29 bits per heavy atom. The van der Waals surface area contributed by atoms with E-state index < -0.39 is 0 Å². The number of nitrogens with zero attached hydrogens (tertiary/aromatic N) is 3. The van der Waals surface area contributed by atoms with Gasteiger partial charge in [0.2, 0.25) is 0 Å². The molecule has 0 aliphatic carbocycles. The second-order valence-corrected chi connectivity index (χ2v) is 4.80. The van der Waals surface area contributed by atoms with Crippen LogP contribution in [-0.4, -0.2) is 54.7 Å². The molecule has 1 heterocycles. The SMILES string of the molecule is CC(C)COC(=O)N1CCN(C(C)C#N)CC1. The predicted molar refractivity (Wildman–Crippen MR) is 64.4 cm³/mol. The molecule has 1 rings (SSSR count). The van der Waals surface area contributed by atoms with E-state index in [4.69, 9.17) is 10.00 Å². The van der Waals surface area contributed by atoms with Crippen molar-refractivity contribution < 1.29 is 9.53 Å². The van der Waals surface area contributed by atoms with Gasteiger partial charge < -0.3 is 9.64 Å². The van der Waals surface area contributed by atoms with E-state index in [1.54, 1.807) is 4.90 Å². The van der Waals surface area contributed by atoms with E-state index in [-0.39, 0.29) is 12.1 Å². The molecule has 1 aliphatic heterocycles. The fourth-order valence-corrected chi connectivity index (χ4v) is 1.70. The van der Waals surface area contributed by atoms with Gasteiger partial charge in [0.25, 0.3) is 0 Å². The maximum Gasteiger partial charge on any atom is 0.409 e. The molecule has 0 saturated carbocycles. The zero-order valence-corrected chi connectivity index (χ0v) is 10.8. The molecule has 0 aromatic carbocycles. The Bertz CT molecular complexity index is 291. The first-order valence-electron chi connectivity index (χ1n) is 6.10. The first kappa shape index (κ1) is 13.8. The third kappa shape index (κ3) is 4.23. The second-order valence-electron chi connectivity index (χ2n) is 4.80. The lowest BCUT2D eigenvalue weighted by atomic mass is 10.2. The van der Waals surface area contributed by atoms with Gasteiger partial charge in [-0.2, -0.15) is 5.26 Å². The van der Waals surface area contributed by atoms with Crippen LogP contribution >= 0.6 is 0 Å². The first-order valence-corrected chi connectivity index (χ1v) is 6.10. The molecule has 5 heteroatoms. The van der Waals surface area contributed by atoms with Crippen molar-refractivity contribution in [2.45, 2.75) is 26.8 Å². The molecule has 1 unspecified atom stereocenters. The van der Waals surface area contributed by atoms with Crippen molar-refractivity contribution in [2.75, 3.05) is 32.8 Å². The third-order valence-corrected chi connectivity index (χ3v) is 2.85. The largest absolute Gasteiger partial charge is 0.449 e. The van der Waals surface area contributed by atoms with Gasteiger partial charge in [0.05, 0.1) is 18.7 Å². The van der Waals surface area contributed by atoms with Crippen LogP contribution in [0, 0.1) is 17.2 Å². The lowest BCUT2D eigenvalue weighted by Crippen LogP contribution is -2.51. The molecule has 0 bridgehead atoms. The highest BCUT2D eigenvalue weighted by Gasteiger charge is 2.24. The van der Waals surface area contributed by atoms with E-state index >= 15 is 0 Å². The van der Waals surface area contributed by atoms with Gasteiger partial charge in [0, 0.05) is 26.2 Å². The summed E-state index contributed by atoms with van der Waals surface area (Å²) < 4.78 is 5.17. The number of hydrogen-bond acceptors (Lipinski definition) is 4. The van der Waals surface area contributed by atoms with Crippen LogP contribution in [0.15, 0.2) is 0 Å². The Balaban J connectivity index is 2.32. The number of carbonyl (C=O) groups is 1. The summed E-state index contributed by atoms with van der Waals surface area (Å²) in [7, 11) is 0. The average Bonchev–Trinajstić information content (AvgIpc) is 2.35. The molecule has 96 valence electrons. The van der Waals surface area contributed by atoms with Gasteiger partial charge in [-0.15, -0.1) is 0 Å². The molecular weight excluding hydrogens is 218 g/mol. The van der Waals surface area contributed by atoms with E-state index in [1.165, 1.54) is 0 Å². The topological polar surface area (TPSA) is 56.6 Å². The Morgan fingerprint density at radius 2 is 1.88 bits per heavy atom. The van der Waals surface area contributed by atoms with Crippen LogP contribution in [0.4, 0.5) is 4.79 Å². The van der Waals surface area contributed by atoms with Crippen LogP contribution in [0.1, 0.15) is 20.8 Å². The zero-order chi connectivity index (χ0) is 12.8. The smallest absolute Gasteiger partial charge is 0.409 e. The van der Waals surface area contributed by atoms with Crippen molar-refractivity contribution >= 4 is 6.09 Å². The van der Waals surface area contributed by atoms with Crippen LogP contribution in [-0.2, 0) is 4.74 Å². The maximum absolute atomic E-state index is 11.7. The molecule has 1 saturated heterocycles. The van der Waals surface area contributed by atoms with Crippen molar-refractivity contribution in [1.29, 1.82) is 5.26 Å². The molecule has 1 amide bonds. The average molecular weight is 239 g/mol. The lowest BCUT2D eigenvalue weighted by molar-refractivity contribution is 0.0654. The van der Waals surface area contributed by atoms with Gasteiger partial charge in [0.15, 0.2) is 0 Å². The van der Waals surface area contributed by atoms with Crippen molar-refractivity contribution in [1.82, 2.24) is 9.80 Å². The number of amides is 1. The van der Waals surface area contributed by atoms with Crippen molar-refractivity contribution in [3.63, 3.8) is 0 Å². The summed E-state index contributed by atoms with van der Waals surface area (Å²) in [6.45, 7) is 9.14. The number of carbonyl (C=O) groups excluding carboxylic acids is 1. The van der Waals surface area contributed by atoms with Crippen molar-refractivity contribution in [3.8, 4) is 6.07 Å². The number of nitriles is 1. The molecular formula is C12H21N3O2. The normalized spacial score (nSPS) is 18.9. The summed E-state index contributed by atoms with van der Waals surface area (Å²) in [5, 5.41) is 8.81. The van der Waals surface area contributed by atoms with E-state index in [1.807, 2.05) is 20.8 Å². The third-order valence-electron chi connectivity index (χ3n) is 2.85. The number of piperazine rings is 1. The number of ether oxygens (including phenoxy) is 1. The van der Waals surface area contributed by atoms with Crippen molar-refractivity contribution in [2.24, 2.45) is 5.92 Å². The van der Waals surface area contributed by atoms with Crippen LogP contribution < -0.4 is 0 Å². The van der Waals surface area contributed by atoms with Crippen LogP contribution in [0.25, 0.3) is 0 Å². The van der Waals surface area contributed by atoms with E-state index in [0.717, 1.165) is 13.1 Å². The molecule has 17 heavy (non-hydrogen) atoms. The molecule has 0 radical (unpaired) electrons. The van der Waals surface area contributed by atoms with Crippen LogP contribution in [0.2, 0.25) is 0 Å². The Morgan fingerprint density at radius 3 is 2.35 bits per heavy atom. The van der Waals surface area contributed by atoms with E-state index in [2.05, 4.69) is 11.0 Å². The molecule has 5 nitrogen and oxygen atoms in total. The minimum atomic E-state index is -0.233. The molecule has 0 aromatic rings. The highest BCUT2D eigenvalue weighted by Crippen LogP contribution is 2.07. The number of hydrogen-bond donors (Lipinski definition) is 0. The molecule has 1 atom stereocenters. The van der Waals surface area contributed by atoms with Gasteiger partial charge in [-0.05, 0) is 12.8 Å². The summed E-state index contributed by atoms with van der Waals surface area (Å²) in [4.78, 5) is 15.5. The Hall–Kier alpha value is -1.28. The fraction of sp³-hybridized carbons (Fsp3) is 0.833. The van der Waals surface area contributed by atoms with Gasteiger partial charge in [-0.25, -0.2) is 4.79 Å². The van der Waals surface area contributed by atoms with Gasteiger partial charge in [0.1, 0.15) is 0 Å². The highest BCUT2D eigenvalue weighted by atomic mass is 16.6. The van der Waals surface area contributed by atoms with Gasteiger partial charge >= 0.3 is 6.09 Å². The summed E-state index contributed by atoms with van der Waals surface area (Å²) in [5.74, 6) is 0.360.